The predicted molar refractivity (Wildman–Crippen MR) is 79.4 cm³/mol. The molecule has 4 rings (SSSR count). The lowest BCUT2D eigenvalue weighted by atomic mass is 9.88. The van der Waals surface area contributed by atoms with Crippen molar-refractivity contribution in [1.29, 1.82) is 0 Å². The minimum absolute atomic E-state index is 0.705. The number of benzene rings is 2. The van der Waals surface area contributed by atoms with Gasteiger partial charge < -0.3 is 4.74 Å². The van der Waals surface area contributed by atoms with Gasteiger partial charge in [-0.1, -0.05) is 48.5 Å². The Bertz CT molecular complexity index is 646. The van der Waals surface area contributed by atoms with Crippen molar-refractivity contribution in [2.24, 2.45) is 0 Å². The molecule has 0 aliphatic heterocycles. The van der Waals surface area contributed by atoms with Crippen molar-refractivity contribution >= 4 is 23.3 Å². The van der Waals surface area contributed by atoms with E-state index in [9.17, 15) is 0 Å². The summed E-state index contributed by atoms with van der Waals surface area (Å²) in [7, 11) is 0. The van der Waals surface area contributed by atoms with Crippen molar-refractivity contribution in [3.05, 3.63) is 70.8 Å². The van der Waals surface area contributed by atoms with E-state index < -0.39 is 0 Å². The molecular formula is C18H14O. The Morgan fingerprint density at radius 3 is 1.58 bits per heavy atom. The summed E-state index contributed by atoms with van der Waals surface area (Å²) in [4.78, 5) is 0. The summed E-state index contributed by atoms with van der Waals surface area (Å²) in [6.45, 7) is 1.41. The highest BCUT2D eigenvalue weighted by Crippen LogP contribution is 2.34. The van der Waals surface area contributed by atoms with Crippen molar-refractivity contribution in [3.8, 4) is 0 Å². The van der Waals surface area contributed by atoms with Gasteiger partial charge in [0.05, 0.1) is 13.2 Å². The first-order chi connectivity index (χ1) is 9.42. The van der Waals surface area contributed by atoms with Crippen LogP contribution in [0.3, 0.4) is 0 Å². The minimum atomic E-state index is 0.705. The maximum Gasteiger partial charge on any atom is 0.0727 e. The standard InChI is InChI=1S/C18H14O/c1-3-7-17-13(5-1)9-15(17)11-19-12-16-10-14-6-2-4-8-18(14)16/h1-10H,11-12H2. The molecule has 2 aromatic carbocycles. The van der Waals surface area contributed by atoms with Crippen molar-refractivity contribution < 1.29 is 4.74 Å². The van der Waals surface area contributed by atoms with Gasteiger partial charge in [0.1, 0.15) is 0 Å². The number of ether oxygens (including phenoxy) is 1. The van der Waals surface area contributed by atoms with Crippen LogP contribution in [0.5, 0.6) is 0 Å². The Kier molecular flexibility index (Phi) is 2.39. The fourth-order valence-electron chi connectivity index (χ4n) is 2.72. The molecule has 0 fully saturated rings. The minimum Gasteiger partial charge on any atom is -0.372 e. The molecule has 2 aliphatic carbocycles. The fourth-order valence-corrected chi connectivity index (χ4v) is 2.72. The van der Waals surface area contributed by atoms with Crippen LogP contribution in [0.25, 0.3) is 23.3 Å². The Labute approximate surface area is 112 Å². The maximum absolute atomic E-state index is 5.82. The second kappa shape index (κ2) is 4.22. The third kappa shape index (κ3) is 1.74. The molecule has 0 heterocycles. The summed E-state index contributed by atoms with van der Waals surface area (Å²) in [6, 6.07) is 16.9. The second-order valence-corrected chi connectivity index (χ2v) is 5.01. The topological polar surface area (TPSA) is 9.23 Å². The van der Waals surface area contributed by atoms with Gasteiger partial charge in [-0.15, -0.1) is 0 Å². The molecule has 92 valence electrons. The first-order valence-corrected chi connectivity index (χ1v) is 6.59. The van der Waals surface area contributed by atoms with E-state index in [-0.39, 0.29) is 0 Å². The third-order valence-electron chi connectivity index (χ3n) is 3.79. The molecule has 0 aromatic heterocycles. The van der Waals surface area contributed by atoms with Gasteiger partial charge in [0, 0.05) is 0 Å². The Morgan fingerprint density at radius 1 is 0.632 bits per heavy atom. The van der Waals surface area contributed by atoms with Crippen LogP contribution in [-0.2, 0) is 4.74 Å². The van der Waals surface area contributed by atoms with Crippen LogP contribution in [0.4, 0.5) is 0 Å². The molecule has 2 aliphatic rings. The lowest BCUT2D eigenvalue weighted by molar-refractivity contribution is 0.204. The van der Waals surface area contributed by atoms with Crippen LogP contribution in [0.1, 0.15) is 22.3 Å². The van der Waals surface area contributed by atoms with Gasteiger partial charge in [-0.25, -0.2) is 0 Å². The third-order valence-corrected chi connectivity index (χ3v) is 3.79. The van der Waals surface area contributed by atoms with E-state index in [0.717, 1.165) is 0 Å². The van der Waals surface area contributed by atoms with E-state index in [4.69, 9.17) is 4.74 Å². The summed E-state index contributed by atoms with van der Waals surface area (Å²) in [5, 5.41) is 0. The average Bonchev–Trinajstić information content (AvgIpc) is 2.39. The van der Waals surface area contributed by atoms with E-state index in [2.05, 4.69) is 60.7 Å². The monoisotopic (exact) mass is 246 g/mol. The molecule has 0 unspecified atom stereocenters. The van der Waals surface area contributed by atoms with Gasteiger partial charge >= 0.3 is 0 Å². The molecular weight excluding hydrogens is 232 g/mol. The van der Waals surface area contributed by atoms with Crippen molar-refractivity contribution in [2.45, 2.75) is 0 Å². The van der Waals surface area contributed by atoms with Gasteiger partial charge in [0.2, 0.25) is 0 Å². The molecule has 0 saturated heterocycles. The molecule has 0 amide bonds. The SMILES string of the molecule is C1=C(COCC2=Cc3ccccc32)c2ccccc21. The van der Waals surface area contributed by atoms with Gasteiger partial charge in [-0.3, -0.25) is 0 Å². The fraction of sp³-hybridized carbons (Fsp3) is 0.111. The molecule has 0 saturated carbocycles. The highest BCUT2D eigenvalue weighted by Gasteiger charge is 2.17. The van der Waals surface area contributed by atoms with E-state index in [1.54, 1.807) is 0 Å². The summed E-state index contributed by atoms with van der Waals surface area (Å²) in [5.41, 5.74) is 7.95. The van der Waals surface area contributed by atoms with Gasteiger partial charge in [-0.2, -0.15) is 0 Å². The predicted octanol–water partition coefficient (Wildman–Crippen LogP) is 4.11. The molecule has 0 atom stereocenters. The zero-order valence-corrected chi connectivity index (χ0v) is 10.6. The van der Waals surface area contributed by atoms with E-state index >= 15 is 0 Å². The number of hydrogen-bond acceptors (Lipinski definition) is 1. The van der Waals surface area contributed by atoms with Gasteiger partial charge in [0.15, 0.2) is 0 Å². The molecule has 0 N–H and O–H groups in total. The van der Waals surface area contributed by atoms with E-state index in [1.165, 1.54) is 33.4 Å². The molecule has 1 heteroatoms. The molecule has 0 bridgehead atoms. The second-order valence-electron chi connectivity index (χ2n) is 5.01. The normalized spacial score (nSPS) is 14.5. The molecule has 19 heavy (non-hydrogen) atoms. The van der Waals surface area contributed by atoms with Crippen molar-refractivity contribution in [3.63, 3.8) is 0 Å². The lowest BCUT2D eigenvalue weighted by Gasteiger charge is -2.22. The van der Waals surface area contributed by atoms with Crippen molar-refractivity contribution in [1.82, 2.24) is 0 Å². The van der Waals surface area contributed by atoms with Crippen LogP contribution in [0.2, 0.25) is 0 Å². The molecule has 2 aromatic rings. The Hall–Kier alpha value is -2.12. The molecule has 0 spiro atoms. The molecule has 0 radical (unpaired) electrons. The summed E-state index contributed by atoms with van der Waals surface area (Å²) < 4.78 is 5.82. The Balaban J connectivity index is 1.35. The summed E-state index contributed by atoms with van der Waals surface area (Å²) >= 11 is 0. The van der Waals surface area contributed by atoms with Crippen LogP contribution >= 0.6 is 0 Å². The zero-order chi connectivity index (χ0) is 12.7. The number of fused-ring (bicyclic) bond motifs is 2. The lowest BCUT2D eigenvalue weighted by Crippen LogP contribution is -2.09. The maximum atomic E-state index is 5.82. The van der Waals surface area contributed by atoms with Crippen LogP contribution < -0.4 is 0 Å². The molecule has 1 nitrogen and oxygen atoms in total. The average molecular weight is 246 g/mol. The first kappa shape index (κ1) is 10.8. The smallest absolute Gasteiger partial charge is 0.0727 e. The Morgan fingerprint density at radius 2 is 1.11 bits per heavy atom. The number of rotatable bonds is 4. The summed E-state index contributed by atoms with van der Waals surface area (Å²) in [6.07, 6.45) is 4.41. The first-order valence-electron chi connectivity index (χ1n) is 6.59. The van der Waals surface area contributed by atoms with Crippen LogP contribution in [-0.4, -0.2) is 13.2 Å². The summed E-state index contributed by atoms with van der Waals surface area (Å²) in [5.74, 6) is 0. The van der Waals surface area contributed by atoms with Gasteiger partial charge in [-0.05, 0) is 45.6 Å². The largest absolute Gasteiger partial charge is 0.372 e. The van der Waals surface area contributed by atoms with Crippen LogP contribution in [0.15, 0.2) is 48.5 Å². The highest BCUT2D eigenvalue weighted by molar-refractivity contribution is 5.97. The van der Waals surface area contributed by atoms with Crippen LogP contribution in [0, 0.1) is 0 Å². The van der Waals surface area contributed by atoms with Crippen molar-refractivity contribution in [2.75, 3.05) is 13.2 Å². The zero-order valence-electron chi connectivity index (χ0n) is 10.6. The quantitative estimate of drug-likeness (QED) is 0.788. The highest BCUT2D eigenvalue weighted by atomic mass is 16.5. The van der Waals surface area contributed by atoms with Gasteiger partial charge in [0.25, 0.3) is 0 Å². The number of hydrogen-bond donors (Lipinski definition) is 0. The van der Waals surface area contributed by atoms with E-state index in [1.807, 2.05) is 0 Å². The van der Waals surface area contributed by atoms with E-state index in [0.29, 0.717) is 13.2 Å².